The minimum Gasteiger partial charge on any atom is -0.397 e. The zero-order chi connectivity index (χ0) is 11.3. The molecule has 0 aromatic heterocycles. The summed E-state index contributed by atoms with van der Waals surface area (Å²) in [6.07, 6.45) is 1.99. The second-order valence-corrected chi connectivity index (χ2v) is 4.55. The minimum atomic E-state index is 0.169. The van der Waals surface area contributed by atoms with Crippen LogP contribution in [0.1, 0.15) is 6.92 Å². The Kier molecular flexibility index (Phi) is 4.78. The average molecular weight is 226 g/mol. The summed E-state index contributed by atoms with van der Waals surface area (Å²) in [5, 5.41) is 12.6. The summed E-state index contributed by atoms with van der Waals surface area (Å²) in [6, 6.07) is 7.85. The molecule has 2 unspecified atom stereocenters. The molecule has 0 aliphatic rings. The molecule has 1 aromatic carbocycles. The summed E-state index contributed by atoms with van der Waals surface area (Å²) in [7, 11) is 0. The molecule has 4 heteroatoms. The number of nitrogens with one attached hydrogen (secondary N) is 1. The van der Waals surface area contributed by atoms with E-state index in [1.54, 1.807) is 11.8 Å². The predicted molar refractivity (Wildman–Crippen MR) is 68.3 cm³/mol. The SMILES string of the molecule is CSC(CO)C(C)Nc1ccccc1N. The number of thioether (sulfide) groups is 1. The van der Waals surface area contributed by atoms with Gasteiger partial charge < -0.3 is 16.2 Å². The van der Waals surface area contributed by atoms with Crippen molar-refractivity contribution in [3.05, 3.63) is 24.3 Å². The fourth-order valence-corrected chi connectivity index (χ4v) is 2.03. The maximum absolute atomic E-state index is 9.15. The van der Waals surface area contributed by atoms with Crippen molar-refractivity contribution in [2.75, 3.05) is 23.9 Å². The van der Waals surface area contributed by atoms with Crippen LogP contribution < -0.4 is 11.1 Å². The molecule has 0 aliphatic heterocycles. The fraction of sp³-hybridized carbons (Fsp3) is 0.455. The second-order valence-electron chi connectivity index (χ2n) is 3.48. The quantitative estimate of drug-likeness (QED) is 0.670. The van der Waals surface area contributed by atoms with Crippen molar-refractivity contribution < 1.29 is 5.11 Å². The highest BCUT2D eigenvalue weighted by atomic mass is 32.2. The standard InChI is InChI=1S/C11H18N2OS/c1-8(11(7-14)15-2)13-10-6-4-3-5-9(10)12/h3-6,8,11,13-14H,7,12H2,1-2H3. The van der Waals surface area contributed by atoms with E-state index in [-0.39, 0.29) is 17.9 Å². The van der Waals surface area contributed by atoms with Crippen molar-refractivity contribution in [2.45, 2.75) is 18.2 Å². The van der Waals surface area contributed by atoms with Gasteiger partial charge in [0.05, 0.1) is 18.0 Å². The molecule has 0 aliphatic carbocycles. The Morgan fingerprint density at radius 1 is 1.47 bits per heavy atom. The summed E-state index contributed by atoms with van der Waals surface area (Å²) in [6.45, 7) is 2.21. The van der Waals surface area contributed by atoms with Crippen molar-refractivity contribution in [3.63, 3.8) is 0 Å². The average Bonchev–Trinajstić information content (AvgIpc) is 2.23. The Bertz CT molecular complexity index is 302. The van der Waals surface area contributed by atoms with Crippen LogP contribution in [-0.4, -0.2) is 29.3 Å². The predicted octanol–water partition coefficient (Wildman–Crippen LogP) is 1.79. The van der Waals surface area contributed by atoms with E-state index >= 15 is 0 Å². The molecular weight excluding hydrogens is 208 g/mol. The lowest BCUT2D eigenvalue weighted by molar-refractivity contribution is 0.288. The third kappa shape index (κ3) is 3.32. The Hall–Kier alpha value is -0.870. The minimum absolute atomic E-state index is 0.169. The van der Waals surface area contributed by atoms with E-state index in [4.69, 9.17) is 10.8 Å². The van der Waals surface area contributed by atoms with Crippen molar-refractivity contribution in [1.82, 2.24) is 0 Å². The van der Waals surface area contributed by atoms with Crippen LogP contribution in [0.4, 0.5) is 11.4 Å². The molecule has 0 fully saturated rings. The van der Waals surface area contributed by atoms with Gasteiger partial charge in [0.2, 0.25) is 0 Å². The van der Waals surface area contributed by atoms with Crippen molar-refractivity contribution in [2.24, 2.45) is 0 Å². The Morgan fingerprint density at radius 3 is 2.67 bits per heavy atom. The first kappa shape index (κ1) is 12.2. The van der Waals surface area contributed by atoms with Crippen LogP contribution >= 0.6 is 11.8 Å². The monoisotopic (exact) mass is 226 g/mol. The van der Waals surface area contributed by atoms with Crippen LogP contribution in [0.25, 0.3) is 0 Å². The van der Waals surface area contributed by atoms with Crippen LogP contribution in [0.2, 0.25) is 0 Å². The Labute approximate surface area is 95.1 Å². The number of rotatable bonds is 5. The molecule has 1 aromatic rings. The normalized spacial score (nSPS) is 14.6. The molecule has 84 valence electrons. The summed E-state index contributed by atoms with van der Waals surface area (Å²) in [5.74, 6) is 0. The van der Waals surface area contributed by atoms with Crippen LogP contribution in [0.3, 0.4) is 0 Å². The molecule has 15 heavy (non-hydrogen) atoms. The first-order valence-electron chi connectivity index (χ1n) is 4.93. The van der Waals surface area contributed by atoms with Gasteiger partial charge in [0, 0.05) is 11.3 Å². The maximum atomic E-state index is 9.15. The number of nitrogens with two attached hydrogens (primary N) is 1. The smallest absolute Gasteiger partial charge is 0.0576 e. The number of benzene rings is 1. The number of hydrogen-bond acceptors (Lipinski definition) is 4. The zero-order valence-corrected chi connectivity index (χ0v) is 9.92. The van der Waals surface area contributed by atoms with E-state index in [9.17, 15) is 0 Å². The largest absolute Gasteiger partial charge is 0.397 e. The van der Waals surface area contributed by atoms with E-state index in [0.717, 1.165) is 11.4 Å². The van der Waals surface area contributed by atoms with Gasteiger partial charge in [-0.05, 0) is 25.3 Å². The van der Waals surface area contributed by atoms with E-state index in [1.807, 2.05) is 37.4 Å². The zero-order valence-electron chi connectivity index (χ0n) is 9.10. The molecule has 0 amide bonds. The number of anilines is 2. The first-order chi connectivity index (χ1) is 7.19. The molecule has 4 N–H and O–H groups in total. The molecule has 2 atom stereocenters. The summed E-state index contributed by atoms with van der Waals surface area (Å²) in [4.78, 5) is 0. The van der Waals surface area contributed by atoms with Gasteiger partial charge in [-0.1, -0.05) is 12.1 Å². The van der Waals surface area contributed by atoms with Gasteiger partial charge in [-0.3, -0.25) is 0 Å². The summed E-state index contributed by atoms with van der Waals surface area (Å²) >= 11 is 1.65. The topological polar surface area (TPSA) is 58.3 Å². The van der Waals surface area contributed by atoms with Gasteiger partial charge in [0.15, 0.2) is 0 Å². The van der Waals surface area contributed by atoms with E-state index in [1.165, 1.54) is 0 Å². The van der Waals surface area contributed by atoms with Crippen LogP contribution in [0, 0.1) is 0 Å². The molecule has 0 saturated heterocycles. The van der Waals surface area contributed by atoms with E-state index < -0.39 is 0 Å². The van der Waals surface area contributed by atoms with Crippen LogP contribution in [0.5, 0.6) is 0 Å². The fourth-order valence-electron chi connectivity index (χ4n) is 1.40. The van der Waals surface area contributed by atoms with Crippen LogP contribution in [0.15, 0.2) is 24.3 Å². The van der Waals surface area contributed by atoms with Crippen molar-refractivity contribution in [1.29, 1.82) is 0 Å². The first-order valence-corrected chi connectivity index (χ1v) is 6.22. The number of aliphatic hydroxyl groups excluding tert-OH is 1. The highest BCUT2D eigenvalue weighted by Gasteiger charge is 2.15. The number of aliphatic hydroxyl groups is 1. The van der Waals surface area contributed by atoms with Crippen molar-refractivity contribution >= 4 is 23.1 Å². The van der Waals surface area contributed by atoms with Crippen molar-refractivity contribution in [3.8, 4) is 0 Å². The highest BCUT2D eigenvalue weighted by Crippen LogP contribution is 2.21. The van der Waals surface area contributed by atoms with Gasteiger partial charge in [0.25, 0.3) is 0 Å². The third-order valence-electron chi connectivity index (χ3n) is 2.38. The molecule has 0 spiro atoms. The van der Waals surface area contributed by atoms with Gasteiger partial charge in [-0.2, -0.15) is 11.8 Å². The lowest BCUT2D eigenvalue weighted by Crippen LogP contribution is -2.31. The molecule has 1 rings (SSSR count). The third-order valence-corrected chi connectivity index (χ3v) is 3.55. The highest BCUT2D eigenvalue weighted by molar-refractivity contribution is 7.99. The molecule has 0 radical (unpaired) electrons. The van der Waals surface area contributed by atoms with Gasteiger partial charge in [-0.15, -0.1) is 0 Å². The number of nitrogen functional groups attached to an aromatic ring is 1. The summed E-state index contributed by atoms with van der Waals surface area (Å²) < 4.78 is 0. The summed E-state index contributed by atoms with van der Waals surface area (Å²) in [5.41, 5.74) is 7.49. The number of hydrogen-bond donors (Lipinski definition) is 3. The molecule has 0 saturated carbocycles. The van der Waals surface area contributed by atoms with Gasteiger partial charge >= 0.3 is 0 Å². The van der Waals surface area contributed by atoms with E-state index in [0.29, 0.717) is 0 Å². The van der Waals surface area contributed by atoms with E-state index in [2.05, 4.69) is 5.32 Å². The van der Waals surface area contributed by atoms with Gasteiger partial charge in [0.1, 0.15) is 0 Å². The Balaban J connectivity index is 2.65. The molecule has 3 nitrogen and oxygen atoms in total. The lowest BCUT2D eigenvalue weighted by atomic mass is 10.2. The van der Waals surface area contributed by atoms with Gasteiger partial charge in [-0.25, -0.2) is 0 Å². The number of para-hydroxylation sites is 2. The lowest BCUT2D eigenvalue weighted by Gasteiger charge is -2.23. The van der Waals surface area contributed by atoms with Crippen LogP contribution in [-0.2, 0) is 0 Å². The second kappa shape index (κ2) is 5.88. The Morgan fingerprint density at radius 2 is 2.13 bits per heavy atom. The molecule has 0 bridgehead atoms. The molecule has 0 heterocycles. The molecular formula is C11H18N2OS. The maximum Gasteiger partial charge on any atom is 0.0576 e.